The van der Waals surface area contributed by atoms with Gasteiger partial charge in [0.15, 0.2) is 0 Å². The van der Waals surface area contributed by atoms with Crippen LogP contribution in [0.1, 0.15) is 19.8 Å². The second-order valence-corrected chi connectivity index (χ2v) is 4.37. The molecule has 0 radical (unpaired) electrons. The molecule has 18 heavy (non-hydrogen) atoms. The van der Waals surface area contributed by atoms with Crippen molar-refractivity contribution in [3.8, 4) is 0 Å². The van der Waals surface area contributed by atoms with Crippen LogP contribution in [0.15, 0.2) is 0 Å². The van der Waals surface area contributed by atoms with Crippen molar-refractivity contribution < 1.29 is 9.59 Å². The first-order chi connectivity index (χ1) is 8.13. The van der Waals surface area contributed by atoms with Crippen LogP contribution in [0.4, 0.5) is 4.79 Å². The van der Waals surface area contributed by atoms with Gasteiger partial charge in [-0.1, -0.05) is 6.92 Å². The molecule has 1 aliphatic heterocycles. The molecular formula is C11H23ClN4O2. The van der Waals surface area contributed by atoms with E-state index in [4.69, 9.17) is 0 Å². The third kappa shape index (κ3) is 6.18. The summed E-state index contributed by atoms with van der Waals surface area (Å²) < 4.78 is 0. The standard InChI is InChI=1S/C11H22N4O2.ClH/c1-3-5-13-11(17)14-10(16)8-15(2)9-4-6-12-7-9;/h9,12H,3-8H2,1-2H3,(H2,13,14,16,17);1H. The zero-order chi connectivity index (χ0) is 12.7. The topological polar surface area (TPSA) is 73.5 Å². The van der Waals surface area contributed by atoms with Crippen LogP contribution in [-0.2, 0) is 4.79 Å². The van der Waals surface area contributed by atoms with Crippen molar-refractivity contribution in [3.63, 3.8) is 0 Å². The van der Waals surface area contributed by atoms with Crippen molar-refractivity contribution in [2.75, 3.05) is 33.2 Å². The molecule has 0 saturated carbocycles. The molecule has 0 spiro atoms. The van der Waals surface area contributed by atoms with Crippen molar-refractivity contribution in [2.24, 2.45) is 0 Å². The average molecular weight is 279 g/mol. The number of nitrogens with zero attached hydrogens (tertiary/aromatic N) is 1. The zero-order valence-corrected chi connectivity index (χ0v) is 11.8. The highest BCUT2D eigenvalue weighted by Gasteiger charge is 2.21. The number of hydrogen-bond acceptors (Lipinski definition) is 4. The number of carbonyl (C=O) groups is 2. The van der Waals surface area contributed by atoms with Gasteiger partial charge in [-0.2, -0.15) is 0 Å². The number of urea groups is 1. The summed E-state index contributed by atoms with van der Waals surface area (Å²) in [6.45, 7) is 4.70. The molecule has 0 aromatic heterocycles. The van der Waals surface area contributed by atoms with Crippen LogP contribution in [-0.4, -0.2) is 56.1 Å². The predicted octanol–water partition coefficient (Wildman–Crippen LogP) is -0.0623. The summed E-state index contributed by atoms with van der Waals surface area (Å²) in [6, 6.07) is -0.0192. The first-order valence-corrected chi connectivity index (χ1v) is 6.12. The third-order valence-electron chi connectivity index (χ3n) is 2.84. The summed E-state index contributed by atoms with van der Waals surface area (Å²) in [5.74, 6) is -0.256. The number of rotatable bonds is 5. The SMILES string of the molecule is CCCNC(=O)NC(=O)CN(C)C1CCNC1.Cl. The third-order valence-corrected chi connectivity index (χ3v) is 2.84. The normalized spacial score (nSPS) is 18.3. The molecule has 1 unspecified atom stereocenters. The fourth-order valence-electron chi connectivity index (χ4n) is 1.82. The van der Waals surface area contributed by atoms with Gasteiger partial charge in [-0.15, -0.1) is 12.4 Å². The van der Waals surface area contributed by atoms with Crippen molar-refractivity contribution in [1.82, 2.24) is 20.9 Å². The Labute approximate surface area is 114 Å². The number of halogens is 1. The van der Waals surface area contributed by atoms with Gasteiger partial charge in [0.1, 0.15) is 0 Å². The molecule has 6 nitrogen and oxygen atoms in total. The molecule has 1 heterocycles. The largest absolute Gasteiger partial charge is 0.338 e. The monoisotopic (exact) mass is 278 g/mol. The summed E-state index contributed by atoms with van der Waals surface area (Å²) in [6.07, 6.45) is 1.90. The van der Waals surface area contributed by atoms with Gasteiger partial charge < -0.3 is 10.6 Å². The minimum absolute atomic E-state index is 0. The predicted molar refractivity (Wildman–Crippen MR) is 73.0 cm³/mol. The van der Waals surface area contributed by atoms with Gasteiger partial charge in [0.05, 0.1) is 6.54 Å². The van der Waals surface area contributed by atoms with E-state index in [0.29, 0.717) is 12.6 Å². The van der Waals surface area contributed by atoms with E-state index < -0.39 is 6.03 Å². The average Bonchev–Trinajstić information content (AvgIpc) is 2.79. The van der Waals surface area contributed by atoms with E-state index in [0.717, 1.165) is 25.9 Å². The number of hydrogen-bond donors (Lipinski definition) is 3. The van der Waals surface area contributed by atoms with Crippen molar-refractivity contribution in [2.45, 2.75) is 25.8 Å². The number of amides is 3. The molecular weight excluding hydrogens is 256 g/mol. The van der Waals surface area contributed by atoms with Crippen LogP contribution in [0.3, 0.4) is 0 Å². The van der Waals surface area contributed by atoms with Crippen molar-refractivity contribution in [3.05, 3.63) is 0 Å². The van der Waals surface area contributed by atoms with Crippen molar-refractivity contribution in [1.29, 1.82) is 0 Å². The minimum atomic E-state index is -0.408. The van der Waals surface area contributed by atoms with Crippen LogP contribution in [0, 0.1) is 0 Å². The smallest absolute Gasteiger partial charge is 0.321 e. The van der Waals surface area contributed by atoms with Gasteiger partial charge in [0.25, 0.3) is 0 Å². The van der Waals surface area contributed by atoms with Crippen LogP contribution in [0.2, 0.25) is 0 Å². The second-order valence-electron chi connectivity index (χ2n) is 4.37. The van der Waals surface area contributed by atoms with Crippen LogP contribution in [0.25, 0.3) is 0 Å². The Balaban J connectivity index is 0.00000289. The van der Waals surface area contributed by atoms with Gasteiger partial charge in [-0.3, -0.25) is 15.0 Å². The number of carbonyl (C=O) groups excluding carboxylic acids is 2. The van der Waals surface area contributed by atoms with E-state index in [1.807, 2.05) is 18.9 Å². The lowest BCUT2D eigenvalue weighted by Crippen LogP contribution is -2.46. The van der Waals surface area contributed by atoms with E-state index in [1.165, 1.54) is 0 Å². The Morgan fingerprint density at radius 2 is 2.17 bits per heavy atom. The van der Waals surface area contributed by atoms with Gasteiger partial charge in [0, 0.05) is 19.1 Å². The Kier molecular flexibility index (Phi) is 8.70. The Bertz CT molecular complexity index is 270. The van der Waals surface area contributed by atoms with E-state index in [2.05, 4.69) is 16.0 Å². The van der Waals surface area contributed by atoms with E-state index in [9.17, 15) is 9.59 Å². The highest BCUT2D eigenvalue weighted by Crippen LogP contribution is 2.04. The molecule has 1 aliphatic rings. The molecule has 3 N–H and O–H groups in total. The van der Waals surface area contributed by atoms with Gasteiger partial charge in [-0.25, -0.2) is 4.79 Å². The first-order valence-electron chi connectivity index (χ1n) is 6.12. The molecule has 106 valence electrons. The Morgan fingerprint density at radius 1 is 1.44 bits per heavy atom. The molecule has 3 amide bonds. The fraction of sp³-hybridized carbons (Fsp3) is 0.818. The molecule has 0 bridgehead atoms. The van der Waals surface area contributed by atoms with Crippen molar-refractivity contribution >= 4 is 24.3 Å². The lowest BCUT2D eigenvalue weighted by atomic mass is 10.2. The molecule has 0 aromatic rings. The minimum Gasteiger partial charge on any atom is -0.338 e. The first kappa shape index (κ1) is 17.2. The lowest BCUT2D eigenvalue weighted by Gasteiger charge is -2.22. The molecule has 1 fully saturated rings. The highest BCUT2D eigenvalue weighted by atomic mass is 35.5. The van der Waals surface area contributed by atoms with E-state index >= 15 is 0 Å². The summed E-state index contributed by atoms with van der Waals surface area (Å²) in [5, 5.41) is 8.16. The maximum atomic E-state index is 11.5. The Hall–Kier alpha value is -0.850. The molecule has 7 heteroatoms. The van der Waals surface area contributed by atoms with Gasteiger partial charge >= 0.3 is 6.03 Å². The lowest BCUT2D eigenvalue weighted by molar-refractivity contribution is -0.121. The van der Waals surface area contributed by atoms with Crippen LogP contribution >= 0.6 is 12.4 Å². The summed E-state index contributed by atoms with van der Waals surface area (Å²) >= 11 is 0. The maximum absolute atomic E-state index is 11.5. The van der Waals surface area contributed by atoms with Gasteiger partial charge in [0.2, 0.25) is 5.91 Å². The number of nitrogens with one attached hydrogen (secondary N) is 3. The highest BCUT2D eigenvalue weighted by molar-refractivity contribution is 5.95. The maximum Gasteiger partial charge on any atom is 0.321 e. The van der Waals surface area contributed by atoms with E-state index in [1.54, 1.807) is 0 Å². The molecule has 0 aromatic carbocycles. The zero-order valence-electron chi connectivity index (χ0n) is 11.0. The van der Waals surface area contributed by atoms with Gasteiger partial charge in [-0.05, 0) is 26.4 Å². The fourth-order valence-corrected chi connectivity index (χ4v) is 1.82. The van der Waals surface area contributed by atoms with Crippen LogP contribution < -0.4 is 16.0 Å². The second kappa shape index (κ2) is 9.13. The quantitative estimate of drug-likeness (QED) is 0.659. The molecule has 1 rings (SSSR count). The Morgan fingerprint density at radius 3 is 2.72 bits per heavy atom. The summed E-state index contributed by atoms with van der Waals surface area (Å²) in [7, 11) is 1.90. The molecule has 1 atom stereocenters. The van der Waals surface area contributed by atoms with E-state index in [-0.39, 0.29) is 24.9 Å². The number of imide groups is 1. The molecule has 0 aliphatic carbocycles. The molecule has 1 saturated heterocycles. The summed E-state index contributed by atoms with van der Waals surface area (Å²) in [4.78, 5) is 24.8. The number of likely N-dealkylation sites (N-methyl/N-ethyl adjacent to an activating group) is 1. The van der Waals surface area contributed by atoms with Crippen LogP contribution in [0.5, 0.6) is 0 Å². The summed E-state index contributed by atoms with van der Waals surface area (Å²) in [5.41, 5.74) is 0.